The van der Waals surface area contributed by atoms with E-state index in [-0.39, 0.29) is 23.2 Å². The Morgan fingerprint density at radius 3 is 2.53 bits per heavy atom. The summed E-state index contributed by atoms with van der Waals surface area (Å²) in [7, 11) is 0. The summed E-state index contributed by atoms with van der Waals surface area (Å²) in [6.45, 7) is 8.71. The van der Waals surface area contributed by atoms with Crippen LogP contribution in [0.5, 0.6) is 0 Å². The van der Waals surface area contributed by atoms with Gasteiger partial charge in [-0.25, -0.2) is 4.39 Å². The number of amides is 1. The number of hydrogen-bond donors (Lipinski definition) is 2. The third-order valence-corrected chi connectivity index (χ3v) is 2.99. The summed E-state index contributed by atoms with van der Waals surface area (Å²) >= 11 is 0. The predicted octanol–water partition coefficient (Wildman–Crippen LogP) is 1.87. The van der Waals surface area contributed by atoms with Crippen molar-refractivity contribution in [3.05, 3.63) is 29.6 Å². The summed E-state index contributed by atoms with van der Waals surface area (Å²) in [5.41, 5.74) is 6.03. The number of halogens is 1. The lowest BCUT2D eigenvalue weighted by Gasteiger charge is -2.23. The van der Waals surface area contributed by atoms with E-state index in [0.717, 1.165) is 19.6 Å². The minimum absolute atomic E-state index is 0.00288. The van der Waals surface area contributed by atoms with Gasteiger partial charge < -0.3 is 16.0 Å². The lowest BCUT2D eigenvalue weighted by Crippen LogP contribution is -2.42. The van der Waals surface area contributed by atoms with E-state index in [2.05, 4.69) is 24.1 Å². The van der Waals surface area contributed by atoms with Gasteiger partial charge in [-0.05, 0) is 38.2 Å². The van der Waals surface area contributed by atoms with Crippen molar-refractivity contribution in [2.45, 2.75) is 26.8 Å². The molecule has 0 saturated carbocycles. The smallest absolute Gasteiger partial charge is 0.251 e. The number of nitrogens with one attached hydrogen (secondary N) is 1. The van der Waals surface area contributed by atoms with Crippen LogP contribution < -0.4 is 11.1 Å². The van der Waals surface area contributed by atoms with Gasteiger partial charge in [0.1, 0.15) is 5.82 Å². The highest BCUT2D eigenvalue weighted by atomic mass is 19.1. The topological polar surface area (TPSA) is 58.4 Å². The number of carbonyl (C=O) groups excluding carboxylic acids is 1. The van der Waals surface area contributed by atoms with Crippen molar-refractivity contribution in [3.63, 3.8) is 0 Å². The monoisotopic (exact) mass is 267 g/mol. The fraction of sp³-hybridized carbons (Fsp3) is 0.500. The lowest BCUT2D eigenvalue weighted by molar-refractivity contribution is 0.0930. The number of nitrogens with two attached hydrogens (primary N) is 1. The SMILES string of the molecule is CCN(CC)CC(C)NC(=O)c1cc(N)cc(F)c1. The summed E-state index contributed by atoms with van der Waals surface area (Å²) in [6, 6.07) is 3.85. The van der Waals surface area contributed by atoms with Crippen molar-refractivity contribution >= 4 is 11.6 Å². The third-order valence-electron chi connectivity index (χ3n) is 2.99. The number of carbonyl (C=O) groups is 1. The minimum Gasteiger partial charge on any atom is -0.399 e. The Morgan fingerprint density at radius 1 is 1.37 bits per heavy atom. The zero-order valence-electron chi connectivity index (χ0n) is 11.7. The highest BCUT2D eigenvalue weighted by Gasteiger charge is 2.13. The van der Waals surface area contributed by atoms with Gasteiger partial charge in [-0.3, -0.25) is 4.79 Å². The molecule has 5 heteroatoms. The highest BCUT2D eigenvalue weighted by molar-refractivity contribution is 5.95. The largest absolute Gasteiger partial charge is 0.399 e. The maximum absolute atomic E-state index is 13.2. The van der Waals surface area contributed by atoms with Crippen LogP contribution in [0, 0.1) is 5.82 Å². The van der Waals surface area contributed by atoms with E-state index in [0.29, 0.717) is 0 Å². The van der Waals surface area contributed by atoms with Crippen LogP contribution in [0.3, 0.4) is 0 Å². The minimum atomic E-state index is -0.499. The summed E-state index contributed by atoms with van der Waals surface area (Å²) in [6.07, 6.45) is 0. The van der Waals surface area contributed by atoms with Gasteiger partial charge in [0.15, 0.2) is 0 Å². The molecule has 0 aliphatic carbocycles. The second kappa shape index (κ2) is 7.09. The Balaban J connectivity index is 2.63. The Morgan fingerprint density at radius 2 is 2.00 bits per heavy atom. The van der Waals surface area contributed by atoms with Gasteiger partial charge in [0, 0.05) is 23.8 Å². The van der Waals surface area contributed by atoms with Gasteiger partial charge in [-0.15, -0.1) is 0 Å². The summed E-state index contributed by atoms with van der Waals surface area (Å²) in [4.78, 5) is 14.2. The quantitative estimate of drug-likeness (QED) is 0.774. The normalized spacial score (nSPS) is 12.5. The standard InChI is InChI=1S/C14H22FN3O/c1-4-18(5-2)9-10(3)17-14(19)11-6-12(15)8-13(16)7-11/h6-8,10H,4-5,9,16H2,1-3H3,(H,17,19). The lowest BCUT2D eigenvalue weighted by atomic mass is 10.1. The van der Waals surface area contributed by atoms with Crippen LogP contribution in [-0.2, 0) is 0 Å². The van der Waals surface area contributed by atoms with Crippen molar-refractivity contribution < 1.29 is 9.18 Å². The van der Waals surface area contributed by atoms with Gasteiger partial charge >= 0.3 is 0 Å². The number of nitrogens with zero attached hydrogens (tertiary/aromatic N) is 1. The van der Waals surface area contributed by atoms with E-state index in [1.54, 1.807) is 0 Å². The van der Waals surface area contributed by atoms with Crippen molar-refractivity contribution in [2.75, 3.05) is 25.4 Å². The number of benzene rings is 1. The first-order chi connectivity index (χ1) is 8.96. The zero-order chi connectivity index (χ0) is 14.4. The van der Waals surface area contributed by atoms with Crippen LogP contribution in [0.25, 0.3) is 0 Å². The van der Waals surface area contributed by atoms with Crippen molar-refractivity contribution in [1.82, 2.24) is 10.2 Å². The molecule has 0 radical (unpaired) electrons. The molecule has 106 valence electrons. The van der Waals surface area contributed by atoms with Gasteiger partial charge in [0.05, 0.1) is 0 Å². The van der Waals surface area contributed by atoms with Crippen molar-refractivity contribution in [3.8, 4) is 0 Å². The Kier molecular flexibility index (Phi) is 5.76. The molecule has 3 N–H and O–H groups in total. The molecular weight excluding hydrogens is 245 g/mol. The Labute approximate surface area is 113 Å². The molecule has 0 fully saturated rings. The Bertz CT molecular complexity index is 412. The molecule has 1 aromatic carbocycles. The number of hydrogen-bond acceptors (Lipinski definition) is 3. The number of anilines is 1. The molecule has 1 rings (SSSR count). The first kappa shape index (κ1) is 15.4. The molecule has 19 heavy (non-hydrogen) atoms. The average molecular weight is 267 g/mol. The first-order valence-electron chi connectivity index (χ1n) is 6.55. The molecule has 0 aliphatic heterocycles. The average Bonchev–Trinajstić information content (AvgIpc) is 2.34. The van der Waals surface area contributed by atoms with E-state index in [1.165, 1.54) is 18.2 Å². The molecule has 4 nitrogen and oxygen atoms in total. The van der Waals surface area contributed by atoms with Crippen LogP contribution in [0.2, 0.25) is 0 Å². The first-order valence-corrected chi connectivity index (χ1v) is 6.55. The van der Waals surface area contributed by atoms with Crippen LogP contribution in [0.15, 0.2) is 18.2 Å². The van der Waals surface area contributed by atoms with Crippen LogP contribution in [-0.4, -0.2) is 36.5 Å². The summed E-state index contributed by atoms with van der Waals surface area (Å²) in [5.74, 6) is -0.799. The highest BCUT2D eigenvalue weighted by Crippen LogP contribution is 2.10. The van der Waals surface area contributed by atoms with Crippen LogP contribution in [0.1, 0.15) is 31.1 Å². The zero-order valence-corrected chi connectivity index (χ0v) is 11.7. The second-order valence-corrected chi connectivity index (χ2v) is 4.63. The molecule has 0 bridgehead atoms. The maximum atomic E-state index is 13.2. The van der Waals surface area contributed by atoms with Crippen molar-refractivity contribution in [2.24, 2.45) is 0 Å². The van der Waals surface area contributed by atoms with E-state index < -0.39 is 5.82 Å². The number of likely N-dealkylation sites (N-methyl/N-ethyl adjacent to an activating group) is 1. The summed E-state index contributed by atoms with van der Waals surface area (Å²) in [5, 5.41) is 2.85. The molecule has 0 heterocycles. The molecule has 0 aromatic heterocycles. The second-order valence-electron chi connectivity index (χ2n) is 4.63. The van der Waals surface area contributed by atoms with E-state index in [9.17, 15) is 9.18 Å². The summed E-state index contributed by atoms with van der Waals surface area (Å²) < 4.78 is 13.2. The van der Waals surface area contributed by atoms with E-state index in [4.69, 9.17) is 5.73 Å². The van der Waals surface area contributed by atoms with Gasteiger partial charge in [-0.1, -0.05) is 13.8 Å². The molecule has 1 atom stereocenters. The molecular formula is C14H22FN3O. The molecule has 1 unspecified atom stereocenters. The fourth-order valence-corrected chi connectivity index (χ4v) is 1.97. The van der Waals surface area contributed by atoms with Crippen molar-refractivity contribution in [1.29, 1.82) is 0 Å². The molecule has 0 spiro atoms. The molecule has 0 aliphatic rings. The van der Waals surface area contributed by atoms with Crippen LogP contribution >= 0.6 is 0 Å². The van der Waals surface area contributed by atoms with Gasteiger partial charge in [0.25, 0.3) is 5.91 Å². The van der Waals surface area contributed by atoms with Crippen LogP contribution in [0.4, 0.5) is 10.1 Å². The third kappa shape index (κ3) is 4.87. The fourth-order valence-electron chi connectivity index (χ4n) is 1.97. The predicted molar refractivity (Wildman–Crippen MR) is 75.5 cm³/mol. The Hall–Kier alpha value is -1.62. The van der Waals surface area contributed by atoms with Gasteiger partial charge in [0.2, 0.25) is 0 Å². The number of nitrogen functional groups attached to an aromatic ring is 1. The molecule has 1 aromatic rings. The molecule has 1 amide bonds. The maximum Gasteiger partial charge on any atom is 0.251 e. The van der Waals surface area contributed by atoms with E-state index >= 15 is 0 Å². The number of rotatable bonds is 6. The van der Waals surface area contributed by atoms with E-state index in [1.807, 2.05) is 6.92 Å². The molecule has 0 saturated heterocycles. The van der Waals surface area contributed by atoms with Gasteiger partial charge in [-0.2, -0.15) is 0 Å².